The van der Waals surface area contributed by atoms with Crippen molar-refractivity contribution in [2.24, 2.45) is 0 Å². The van der Waals surface area contributed by atoms with E-state index in [2.05, 4.69) is 5.10 Å². The number of carboxylic acids is 1. The molecule has 0 saturated heterocycles. The molecular weight excluding hydrogens is 132 g/mol. The standard InChI is InChI=1S/C6H8N2O2/c1-5-2-7-8(3-5)4-6(9)10/h2-3H,4H2,1H3,(H,9,10). The Hall–Kier alpha value is -1.32. The number of aromatic nitrogens is 2. The summed E-state index contributed by atoms with van der Waals surface area (Å²) in [5, 5.41) is 12.1. The molecule has 1 heterocycles. The van der Waals surface area contributed by atoms with E-state index in [0.717, 1.165) is 5.56 Å². The van der Waals surface area contributed by atoms with E-state index >= 15 is 0 Å². The molecule has 1 N–H and O–H groups in total. The fraction of sp³-hybridized carbons (Fsp3) is 0.333. The van der Waals surface area contributed by atoms with E-state index in [4.69, 9.17) is 5.11 Å². The average Bonchev–Trinajstić information content (AvgIpc) is 2.13. The Balaban J connectivity index is 2.67. The van der Waals surface area contributed by atoms with Crippen molar-refractivity contribution in [2.45, 2.75) is 13.5 Å². The zero-order chi connectivity index (χ0) is 7.56. The summed E-state index contributed by atoms with van der Waals surface area (Å²) in [6, 6.07) is 0. The van der Waals surface area contributed by atoms with Crippen LogP contribution in [0.4, 0.5) is 0 Å². The molecule has 0 unspecified atom stereocenters. The van der Waals surface area contributed by atoms with Crippen LogP contribution in [0.15, 0.2) is 12.4 Å². The average molecular weight is 140 g/mol. The molecule has 0 aliphatic carbocycles. The summed E-state index contributed by atoms with van der Waals surface area (Å²) in [6.45, 7) is 1.80. The summed E-state index contributed by atoms with van der Waals surface area (Å²) in [5.41, 5.74) is 0.973. The van der Waals surface area contributed by atoms with Crippen LogP contribution >= 0.6 is 0 Å². The van der Waals surface area contributed by atoms with Crippen molar-refractivity contribution in [1.82, 2.24) is 9.78 Å². The highest BCUT2D eigenvalue weighted by atomic mass is 16.4. The van der Waals surface area contributed by atoms with Gasteiger partial charge in [-0.2, -0.15) is 5.10 Å². The number of nitrogens with zero attached hydrogens (tertiary/aromatic N) is 2. The van der Waals surface area contributed by atoms with Gasteiger partial charge in [0.15, 0.2) is 0 Å². The molecule has 0 aliphatic rings. The quantitative estimate of drug-likeness (QED) is 0.641. The maximum absolute atomic E-state index is 10.1. The number of aliphatic carboxylic acids is 1. The van der Waals surface area contributed by atoms with Crippen LogP contribution in [-0.4, -0.2) is 20.9 Å². The zero-order valence-electron chi connectivity index (χ0n) is 5.61. The van der Waals surface area contributed by atoms with Crippen molar-refractivity contribution >= 4 is 5.97 Å². The highest BCUT2D eigenvalue weighted by Crippen LogP contribution is 1.92. The zero-order valence-corrected chi connectivity index (χ0v) is 5.61. The second-order valence-corrected chi connectivity index (χ2v) is 2.11. The van der Waals surface area contributed by atoms with E-state index in [1.165, 1.54) is 4.68 Å². The number of carboxylic acid groups (broad SMARTS) is 1. The first-order valence-corrected chi connectivity index (χ1v) is 2.89. The van der Waals surface area contributed by atoms with Gasteiger partial charge in [0, 0.05) is 6.20 Å². The van der Waals surface area contributed by atoms with Gasteiger partial charge in [-0.1, -0.05) is 0 Å². The van der Waals surface area contributed by atoms with Gasteiger partial charge in [-0.3, -0.25) is 9.48 Å². The van der Waals surface area contributed by atoms with E-state index in [-0.39, 0.29) is 6.54 Å². The molecular formula is C6H8N2O2. The summed E-state index contributed by atoms with van der Waals surface area (Å²) in [5.74, 6) is -0.872. The summed E-state index contributed by atoms with van der Waals surface area (Å²) in [7, 11) is 0. The van der Waals surface area contributed by atoms with Crippen LogP contribution < -0.4 is 0 Å². The maximum Gasteiger partial charge on any atom is 0.325 e. The molecule has 1 aromatic heterocycles. The SMILES string of the molecule is Cc1cnn(CC(=O)O)c1. The molecule has 1 aromatic rings. The van der Waals surface area contributed by atoms with Crippen LogP contribution in [0.5, 0.6) is 0 Å². The van der Waals surface area contributed by atoms with E-state index in [1.807, 2.05) is 6.92 Å². The van der Waals surface area contributed by atoms with E-state index < -0.39 is 5.97 Å². The molecule has 0 aliphatic heterocycles. The number of carbonyl (C=O) groups is 1. The van der Waals surface area contributed by atoms with Gasteiger partial charge in [0.25, 0.3) is 0 Å². The van der Waals surface area contributed by atoms with E-state index in [9.17, 15) is 4.79 Å². The maximum atomic E-state index is 10.1. The first-order valence-electron chi connectivity index (χ1n) is 2.89. The molecule has 0 amide bonds. The largest absolute Gasteiger partial charge is 0.480 e. The van der Waals surface area contributed by atoms with Crippen LogP contribution in [0, 0.1) is 6.92 Å². The number of rotatable bonds is 2. The van der Waals surface area contributed by atoms with Crippen molar-refractivity contribution in [1.29, 1.82) is 0 Å². The molecule has 0 saturated carbocycles. The third kappa shape index (κ3) is 1.58. The van der Waals surface area contributed by atoms with Crippen molar-refractivity contribution in [3.63, 3.8) is 0 Å². The minimum Gasteiger partial charge on any atom is -0.480 e. The third-order valence-electron chi connectivity index (χ3n) is 1.06. The monoisotopic (exact) mass is 140 g/mol. The van der Waals surface area contributed by atoms with Gasteiger partial charge in [-0.15, -0.1) is 0 Å². The van der Waals surface area contributed by atoms with Crippen LogP contribution in [0.1, 0.15) is 5.56 Å². The lowest BCUT2D eigenvalue weighted by molar-refractivity contribution is -0.137. The highest BCUT2D eigenvalue weighted by Gasteiger charge is 1.98. The Kier molecular flexibility index (Phi) is 1.71. The minimum absolute atomic E-state index is 0.0617. The molecule has 0 aromatic carbocycles. The van der Waals surface area contributed by atoms with Gasteiger partial charge in [0.1, 0.15) is 6.54 Å². The lowest BCUT2D eigenvalue weighted by Crippen LogP contribution is -2.08. The Morgan fingerprint density at radius 2 is 2.60 bits per heavy atom. The molecule has 0 bridgehead atoms. The fourth-order valence-corrected chi connectivity index (χ4v) is 0.692. The summed E-state index contributed by atoms with van der Waals surface area (Å²) in [4.78, 5) is 10.1. The van der Waals surface area contributed by atoms with Gasteiger partial charge in [-0.05, 0) is 12.5 Å². The van der Waals surface area contributed by atoms with Crippen molar-refractivity contribution in [3.05, 3.63) is 18.0 Å². The van der Waals surface area contributed by atoms with Gasteiger partial charge in [0.05, 0.1) is 6.20 Å². The van der Waals surface area contributed by atoms with Crippen LogP contribution in [-0.2, 0) is 11.3 Å². The van der Waals surface area contributed by atoms with Gasteiger partial charge in [0.2, 0.25) is 0 Å². The fourth-order valence-electron chi connectivity index (χ4n) is 0.692. The molecule has 0 fully saturated rings. The second kappa shape index (κ2) is 2.51. The van der Waals surface area contributed by atoms with E-state index in [1.54, 1.807) is 12.4 Å². The van der Waals surface area contributed by atoms with Crippen molar-refractivity contribution < 1.29 is 9.90 Å². The van der Waals surface area contributed by atoms with Gasteiger partial charge < -0.3 is 5.11 Å². The van der Waals surface area contributed by atoms with Crippen molar-refractivity contribution in [3.8, 4) is 0 Å². The number of hydrogen-bond acceptors (Lipinski definition) is 2. The van der Waals surface area contributed by atoms with Crippen molar-refractivity contribution in [2.75, 3.05) is 0 Å². The Labute approximate surface area is 58.1 Å². The van der Waals surface area contributed by atoms with Gasteiger partial charge >= 0.3 is 5.97 Å². The lowest BCUT2D eigenvalue weighted by atomic mass is 10.4. The molecule has 10 heavy (non-hydrogen) atoms. The predicted molar refractivity (Wildman–Crippen MR) is 34.6 cm³/mol. The smallest absolute Gasteiger partial charge is 0.325 e. The first-order chi connectivity index (χ1) is 4.68. The van der Waals surface area contributed by atoms with Crippen LogP contribution in [0.2, 0.25) is 0 Å². The topological polar surface area (TPSA) is 55.1 Å². The summed E-state index contributed by atoms with van der Waals surface area (Å²) < 4.78 is 1.39. The van der Waals surface area contributed by atoms with E-state index in [0.29, 0.717) is 0 Å². The number of hydrogen-bond donors (Lipinski definition) is 1. The molecule has 0 spiro atoms. The normalized spacial score (nSPS) is 9.70. The Bertz CT molecular complexity index is 242. The Morgan fingerprint density at radius 3 is 3.00 bits per heavy atom. The van der Waals surface area contributed by atoms with Gasteiger partial charge in [-0.25, -0.2) is 0 Å². The van der Waals surface area contributed by atoms with Crippen LogP contribution in [0.3, 0.4) is 0 Å². The summed E-state index contributed by atoms with van der Waals surface area (Å²) >= 11 is 0. The predicted octanol–water partition coefficient (Wildman–Crippen LogP) is 0.276. The molecule has 4 heteroatoms. The summed E-state index contributed by atoms with van der Waals surface area (Å²) in [6.07, 6.45) is 3.32. The lowest BCUT2D eigenvalue weighted by Gasteiger charge is -1.91. The minimum atomic E-state index is -0.872. The molecule has 4 nitrogen and oxygen atoms in total. The highest BCUT2D eigenvalue weighted by molar-refractivity contribution is 5.66. The molecule has 1 rings (SSSR count). The Morgan fingerprint density at radius 1 is 1.90 bits per heavy atom. The second-order valence-electron chi connectivity index (χ2n) is 2.11. The number of aryl methyl sites for hydroxylation is 1. The molecule has 0 radical (unpaired) electrons. The first kappa shape index (κ1) is 6.80. The van der Waals surface area contributed by atoms with Crippen LogP contribution in [0.25, 0.3) is 0 Å². The third-order valence-corrected chi connectivity index (χ3v) is 1.06. The molecule has 0 atom stereocenters. The molecule has 54 valence electrons.